The Hall–Kier alpha value is -0.570. The molecule has 3 nitrogen and oxygen atoms in total. The summed E-state index contributed by atoms with van der Waals surface area (Å²) in [6, 6.07) is 0.130. The predicted molar refractivity (Wildman–Crippen MR) is 39.4 cm³/mol. The van der Waals surface area contributed by atoms with Crippen LogP contribution in [0.2, 0.25) is 0 Å². The lowest BCUT2D eigenvalue weighted by molar-refractivity contribution is -0.122. The van der Waals surface area contributed by atoms with Crippen molar-refractivity contribution in [2.45, 2.75) is 38.3 Å². The van der Waals surface area contributed by atoms with Crippen molar-refractivity contribution in [2.24, 2.45) is 5.73 Å². The zero-order chi connectivity index (χ0) is 7.56. The number of nitrogens with one attached hydrogen (secondary N) is 1. The molecule has 1 amide bonds. The molecule has 1 atom stereocenters. The van der Waals surface area contributed by atoms with Gasteiger partial charge in [-0.3, -0.25) is 4.79 Å². The molecule has 0 aromatic rings. The molecule has 0 radical (unpaired) electrons. The fourth-order valence-electron chi connectivity index (χ4n) is 0.721. The van der Waals surface area contributed by atoms with Gasteiger partial charge in [-0.05, 0) is 19.3 Å². The summed E-state index contributed by atoms with van der Waals surface area (Å²) >= 11 is 0. The standard InChI is InChI=1S/C7H14N2O/c1-2-6(8)7(10)9-5-3-4-5/h5-6H,2-4,8H2,1H3,(H,9,10)/t6-/m0/s1. The third kappa shape index (κ3) is 1.99. The van der Waals surface area contributed by atoms with E-state index in [4.69, 9.17) is 5.73 Å². The fourth-order valence-corrected chi connectivity index (χ4v) is 0.721. The zero-order valence-electron chi connectivity index (χ0n) is 6.26. The normalized spacial score (nSPS) is 20.2. The SMILES string of the molecule is CC[C@H](N)C(=O)NC1CC1. The van der Waals surface area contributed by atoms with Gasteiger partial charge in [0, 0.05) is 6.04 Å². The molecule has 0 aromatic carbocycles. The third-order valence-electron chi connectivity index (χ3n) is 1.70. The Bertz CT molecular complexity index is 132. The average Bonchev–Trinajstić information content (AvgIpc) is 2.70. The Morgan fingerprint density at radius 2 is 2.40 bits per heavy atom. The highest BCUT2D eigenvalue weighted by Gasteiger charge is 2.24. The molecule has 0 spiro atoms. The van der Waals surface area contributed by atoms with Crippen molar-refractivity contribution in [3.05, 3.63) is 0 Å². The van der Waals surface area contributed by atoms with Crippen LogP contribution in [0, 0.1) is 0 Å². The Labute approximate surface area is 61.0 Å². The molecule has 0 heterocycles. The van der Waals surface area contributed by atoms with Crippen molar-refractivity contribution in [3.63, 3.8) is 0 Å². The molecule has 3 heteroatoms. The van der Waals surface area contributed by atoms with Crippen LogP contribution in [-0.2, 0) is 4.79 Å². The van der Waals surface area contributed by atoms with E-state index in [2.05, 4.69) is 5.32 Å². The smallest absolute Gasteiger partial charge is 0.237 e. The van der Waals surface area contributed by atoms with Gasteiger partial charge >= 0.3 is 0 Å². The van der Waals surface area contributed by atoms with E-state index in [-0.39, 0.29) is 11.9 Å². The van der Waals surface area contributed by atoms with Gasteiger partial charge in [0.25, 0.3) is 0 Å². The van der Waals surface area contributed by atoms with Crippen LogP contribution in [0.4, 0.5) is 0 Å². The second-order valence-corrected chi connectivity index (χ2v) is 2.80. The Kier molecular flexibility index (Phi) is 2.27. The lowest BCUT2D eigenvalue weighted by Gasteiger charge is -2.07. The first-order chi connectivity index (χ1) is 4.74. The predicted octanol–water partition coefficient (Wildman–Crippen LogP) is 0.00230. The van der Waals surface area contributed by atoms with Gasteiger partial charge in [-0.15, -0.1) is 0 Å². The Balaban J connectivity index is 2.18. The van der Waals surface area contributed by atoms with E-state index < -0.39 is 0 Å². The molecule has 0 saturated heterocycles. The van der Waals surface area contributed by atoms with E-state index in [0.29, 0.717) is 6.04 Å². The molecule has 0 aromatic heterocycles. The summed E-state index contributed by atoms with van der Waals surface area (Å²) in [6.45, 7) is 1.91. The lowest BCUT2D eigenvalue weighted by atomic mass is 10.2. The van der Waals surface area contributed by atoms with Crippen LogP contribution in [0.25, 0.3) is 0 Å². The van der Waals surface area contributed by atoms with Gasteiger partial charge in [0.1, 0.15) is 0 Å². The van der Waals surface area contributed by atoms with Crippen LogP contribution < -0.4 is 11.1 Å². The van der Waals surface area contributed by atoms with Crippen molar-refractivity contribution >= 4 is 5.91 Å². The van der Waals surface area contributed by atoms with Crippen LogP contribution >= 0.6 is 0 Å². The molecule has 1 saturated carbocycles. The molecule has 1 aliphatic rings. The summed E-state index contributed by atoms with van der Waals surface area (Å²) in [5, 5.41) is 2.84. The lowest BCUT2D eigenvalue weighted by Crippen LogP contribution is -2.40. The molecule has 10 heavy (non-hydrogen) atoms. The number of carbonyl (C=O) groups excluding carboxylic acids is 1. The van der Waals surface area contributed by atoms with Gasteiger partial charge in [0.2, 0.25) is 5.91 Å². The first-order valence-electron chi connectivity index (χ1n) is 3.80. The van der Waals surface area contributed by atoms with Crippen molar-refractivity contribution in [1.82, 2.24) is 5.32 Å². The van der Waals surface area contributed by atoms with Crippen LogP contribution in [0.5, 0.6) is 0 Å². The van der Waals surface area contributed by atoms with Crippen molar-refractivity contribution in [2.75, 3.05) is 0 Å². The highest BCUT2D eigenvalue weighted by atomic mass is 16.2. The number of hydrogen-bond donors (Lipinski definition) is 2. The minimum atomic E-state index is -0.305. The molecular weight excluding hydrogens is 128 g/mol. The quantitative estimate of drug-likeness (QED) is 0.583. The maximum absolute atomic E-state index is 11.0. The minimum absolute atomic E-state index is 0.00463. The van der Waals surface area contributed by atoms with E-state index in [1.165, 1.54) is 0 Å². The topological polar surface area (TPSA) is 55.1 Å². The van der Waals surface area contributed by atoms with E-state index >= 15 is 0 Å². The summed E-state index contributed by atoms with van der Waals surface area (Å²) in [7, 11) is 0. The van der Waals surface area contributed by atoms with Gasteiger partial charge in [0.15, 0.2) is 0 Å². The zero-order valence-corrected chi connectivity index (χ0v) is 6.26. The van der Waals surface area contributed by atoms with Gasteiger partial charge in [0.05, 0.1) is 6.04 Å². The number of amides is 1. The van der Waals surface area contributed by atoms with Crippen LogP contribution in [0.15, 0.2) is 0 Å². The van der Waals surface area contributed by atoms with Gasteiger partial charge < -0.3 is 11.1 Å². The van der Waals surface area contributed by atoms with Crippen molar-refractivity contribution < 1.29 is 4.79 Å². The van der Waals surface area contributed by atoms with E-state index in [0.717, 1.165) is 19.3 Å². The number of nitrogens with two attached hydrogens (primary N) is 1. The van der Waals surface area contributed by atoms with Gasteiger partial charge in [-0.2, -0.15) is 0 Å². The van der Waals surface area contributed by atoms with Crippen LogP contribution in [0.3, 0.4) is 0 Å². The molecule has 58 valence electrons. The number of carbonyl (C=O) groups is 1. The highest BCUT2D eigenvalue weighted by molar-refractivity contribution is 5.81. The monoisotopic (exact) mass is 142 g/mol. The maximum Gasteiger partial charge on any atom is 0.237 e. The minimum Gasteiger partial charge on any atom is -0.352 e. The number of rotatable bonds is 3. The molecule has 0 unspecified atom stereocenters. The average molecular weight is 142 g/mol. The first-order valence-corrected chi connectivity index (χ1v) is 3.80. The van der Waals surface area contributed by atoms with Crippen LogP contribution in [0.1, 0.15) is 26.2 Å². The highest BCUT2D eigenvalue weighted by Crippen LogP contribution is 2.18. The van der Waals surface area contributed by atoms with E-state index in [1.54, 1.807) is 0 Å². The summed E-state index contributed by atoms with van der Waals surface area (Å²) < 4.78 is 0. The Morgan fingerprint density at radius 3 is 2.80 bits per heavy atom. The summed E-state index contributed by atoms with van der Waals surface area (Å²) in [5.74, 6) is 0.00463. The first kappa shape index (κ1) is 7.54. The summed E-state index contributed by atoms with van der Waals surface area (Å²) in [5.41, 5.74) is 5.48. The van der Waals surface area contributed by atoms with E-state index in [1.807, 2.05) is 6.92 Å². The molecule has 1 fully saturated rings. The molecule has 3 N–H and O–H groups in total. The summed E-state index contributed by atoms with van der Waals surface area (Å²) in [6.07, 6.45) is 2.98. The van der Waals surface area contributed by atoms with E-state index in [9.17, 15) is 4.79 Å². The van der Waals surface area contributed by atoms with Crippen molar-refractivity contribution in [1.29, 1.82) is 0 Å². The second-order valence-electron chi connectivity index (χ2n) is 2.80. The fraction of sp³-hybridized carbons (Fsp3) is 0.857. The molecular formula is C7H14N2O. The third-order valence-corrected chi connectivity index (χ3v) is 1.70. The van der Waals surface area contributed by atoms with Crippen LogP contribution in [-0.4, -0.2) is 18.0 Å². The van der Waals surface area contributed by atoms with Gasteiger partial charge in [-0.25, -0.2) is 0 Å². The largest absolute Gasteiger partial charge is 0.352 e. The molecule has 0 bridgehead atoms. The van der Waals surface area contributed by atoms with Crippen molar-refractivity contribution in [3.8, 4) is 0 Å². The molecule has 1 rings (SSSR count). The second kappa shape index (κ2) is 3.01. The Morgan fingerprint density at radius 1 is 1.80 bits per heavy atom. The maximum atomic E-state index is 11.0. The molecule has 1 aliphatic carbocycles. The number of hydrogen-bond acceptors (Lipinski definition) is 2. The molecule has 0 aliphatic heterocycles. The van der Waals surface area contributed by atoms with Gasteiger partial charge in [-0.1, -0.05) is 6.92 Å². The summed E-state index contributed by atoms with van der Waals surface area (Å²) in [4.78, 5) is 11.0.